The Morgan fingerprint density at radius 3 is 2.50 bits per heavy atom. The number of benzene rings is 1. The van der Waals surface area contributed by atoms with Crippen molar-refractivity contribution in [3.05, 3.63) is 35.9 Å². The van der Waals surface area contributed by atoms with Crippen LogP contribution in [0.3, 0.4) is 0 Å². The van der Waals surface area contributed by atoms with Crippen molar-refractivity contribution in [2.24, 2.45) is 0 Å². The zero-order chi connectivity index (χ0) is 14.3. The van der Waals surface area contributed by atoms with E-state index in [-0.39, 0.29) is 5.60 Å². The van der Waals surface area contributed by atoms with Crippen molar-refractivity contribution >= 4 is 0 Å². The fourth-order valence-electron chi connectivity index (χ4n) is 3.62. The molecule has 0 heterocycles. The maximum atomic E-state index is 5.95. The normalized spacial score (nSPS) is 19.1. The van der Waals surface area contributed by atoms with Crippen LogP contribution in [0.5, 0.6) is 0 Å². The lowest BCUT2D eigenvalue weighted by molar-refractivity contribution is -0.0378. The van der Waals surface area contributed by atoms with Crippen LogP contribution < -0.4 is 5.32 Å². The molecule has 1 aliphatic carbocycles. The van der Waals surface area contributed by atoms with Gasteiger partial charge in [-0.05, 0) is 44.2 Å². The maximum Gasteiger partial charge on any atom is 0.0830 e. The minimum Gasteiger partial charge on any atom is -0.377 e. The first-order valence-electron chi connectivity index (χ1n) is 8.13. The molecule has 0 amide bonds. The van der Waals surface area contributed by atoms with Crippen LogP contribution in [0.15, 0.2) is 30.3 Å². The van der Waals surface area contributed by atoms with Crippen LogP contribution >= 0.6 is 0 Å². The Morgan fingerprint density at radius 1 is 1.20 bits per heavy atom. The van der Waals surface area contributed by atoms with Crippen molar-refractivity contribution in [3.8, 4) is 0 Å². The molecule has 0 spiro atoms. The SMILES string of the molecule is CCNC(CCCc1ccccc1)C1(OC)CCCC1. The monoisotopic (exact) mass is 275 g/mol. The highest BCUT2D eigenvalue weighted by Gasteiger charge is 2.40. The predicted molar refractivity (Wildman–Crippen MR) is 85.1 cm³/mol. The predicted octanol–water partition coefficient (Wildman–Crippen LogP) is 3.95. The second kappa shape index (κ2) is 7.80. The van der Waals surface area contributed by atoms with Gasteiger partial charge in [-0.15, -0.1) is 0 Å². The van der Waals surface area contributed by atoms with E-state index < -0.39 is 0 Å². The average molecular weight is 275 g/mol. The molecule has 2 heteroatoms. The van der Waals surface area contributed by atoms with E-state index in [2.05, 4.69) is 42.6 Å². The molecule has 0 aromatic heterocycles. The highest BCUT2D eigenvalue weighted by atomic mass is 16.5. The minimum absolute atomic E-state index is 0.0900. The van der Waals surface area contributed by atoms with Gasteiger partial charge in [0.15, 0.2) is 0 Å². The number of aryl methyl sites for hydroxylation is 1. The van der Waals surface area contributed by atoms with Crippen molar-refractivity contribution in [3.63, 3.8) is 0 Å². The van der Waals surface area contributed by atoms with E-state index in [1.165, 1.54) is 50.5 Å². The summed E-state index contributed by atoms with van der Waals surface area (Å²) < 4.78 is 5.95. The summed E-state index contributed by atoms with van der Waals surface area (Å²) in [6.45, 7) is 3.23. The third-order valence-electron chi connectivity index (χ3n) is 4.74. The lowest BCUT2D eigenvalue weighted by Gasteiger charge is -2.37. The van der Waals surface area contributed by atoms with Gasteiger partial charge in [-0.2, -0.15) is 0 Å². The highest BCUT2D eigenvalue weighted by Crippen LogP contribution is 2.37. The number of methoxy groups -OCH3 is 1. The van der Waals surface area contributed by atoms with Crippen LogP contribution in [0.4, 0.5) is 0 Å². The van der Waals surface area contributed by atoms with Crippen molar-refractivity contribution < 1.29 is 4.74 Å². The molecule has 1 unspecified atom stereocenters. The van der Waals surface area contributed by atoms with Crippen LogP contribution in [0.25, 0.3) is 0 Å². The van der Waals surface area contributed by atoms with Gasteiger partial charge in [0.2, 0.25) is 0 Å². The maximum absolute atomic E-state index is 5.95. The summed E-state index contributed by atoms with van der Waals surface area (Å²) in [5, 5.41) is 3.68. The lowest BCUT2D eigenvalue weighted by Crippen LogP contribution is -2.50. The Kier molecular flexibility index (Phi) is 6.06. The summed E-state index contributed by atoms with van der Waals surface area (Å²) in [6, 6.07) is 11.3. The summed E-state index contributed by atoms with van der Waals surface area (Å²) in [6.07, 6.45) is 8.66. The smallest absolute Gasteiger partial charge is 0.0830 e. The molecule has 1 aromatic carbocycles. The number of hydrogen-bond donors (Lipinski definition) is 1. The Hall–Kier alpha value is -0.860. The molecule has 1 atom stereocenters. The van der Waals surface area contributed by atoms with E-state index in [9.17, 15) is 0 Å². The van der Waals surface area contributed by atoms with Crippen LogP contribution in [-0.4, -0.2) is 25.3 Å². The Balaban J connectivity index is 1.89. The molecule has 1 N–H and O–H groups in total. The Morgan fingerprint density at radius 2 is 1.90 bits per heavy atom. The first-order chi connectivity index (χ1) is 9.80. The molecule has 0 saturated heterocycles. The Bertz CT molecular complexity index is 370. The van der Waals surface area contributed by atoms with E-state index in [4.69, 9.17) is 4.74 Å². The molecule has 20 heavy (non-hydrogen) atoms. The van der Waals surface area contributed by atoms with Crippen molar-refractivity contribution in [2.45, 2.75) is 63.5 Å². The Labute approximate surface area is 123 Å². The zero-order valence-corrected chi connectivity index (χ0v) is 13.0. The highest BCUT2D eigenvalue weighted by molar-refractivity contribution is 5.14. The number of rotatable bonds is 8. The van der Waals surface area contributed by atoms with E-state index in [0.29, 0.717) is 6.04 Å². The van der Waals surface area contributed by atoms with Gasteiger partial charge in [0.25, 0.3) is 0 Å². The minimum atomic E-state index is 0.0900. The van der Waals surface area contributed by atoms with Gasteiger partial charge in [-0.25, -0.2) is 0 Å². The fourth-order valence-corrected chi connectivity index (χ4v) is 3.62. The van der Waals surface area contributed by atoms with Gasteiger partial charge < -0.3 is 10.1 Å². The van der Waals surface area contributed by atoms with E-state index >= 15 is 0 Å². The molecule has 2 nitrogen and oxygen atoms in total. The van der Waals surface area contributed by atoms with Crippen molar-refractivity contribution in [1.82, 2.24) is 5.32 Å². The largest absolute Gasteiger partial charge is 0.377 e. The van der Waals surface area contributed by atoms with Gasteiger partial charge in [0.05, 0.1) is 5.60 Å². The summed E-state index contributed by atoms with van der Waals surface area (Å²) in [4.78, 5) is 0. The fraction of sp³-hybridized carbons (Fsp3) is 0.667. The zero-order valence-electron chi connectivity index (χ0n) is 13.0. The molecule has 0 radical (unpaired) electrons. The molecule has 1 aromatic rings. The molecule has 1 saturated carbocycles. The number of ether oxygens (including phenoxy) is 1. The molecule has 0 aliphatic heterocycles. The quantitative estimate of drug-likeness (QED) is 0.775. The number of hydrogen-bond acceptors (Lipinski definition) is 2. The second-order valence-corrected chi connectivity index (χ2v) is 5.96. The second-order valence-electron chi connectivity index (χ2n) is 5.96. The number of nitrogens with one attached hydrogen (secondary N) is 1. The van der Waals surface area contributed by atoms with Gasteiger partial charge in [0, 0.05) is 13.2 Å². The summed E-state index contributed by atoms with van der Waals surface area (Å²) in [5.41, 5.74) is 1.54. The third-order valence-corrected chi connectivity index (χ3v) is 4.74. The molecule has 0 bridgehead atoms. The van der Waals surface area contributed by atoms with Gasteiger partial charge >= 0.3 is 0 Å². The molecule has 112 valence electrons. The summed E-state index contributed by atoms with van der Waals surface area (Å²) in [7, 11) is 1.90. The summed E-state index contributed by atoms with van der Waals surface area (Å²) >= 11 is 0. The van der Waals surface area contributed by atoms with E-state index in [1.54, 1.807) is 0 Å². The molecular formula is C18H29NO. The van der Waals surface area contributed by atoms with E-state index in [0.717, 1.165) is 6.54 Å². The van der Waals surface area contributed by atoms with Crippen molar-refractivity contribution in [2.75, 3.05) is 13.7 Å². The van der Waals surface area contributed by atoms with Crippen LogP contribution in [0.1, 0.15) is 51.0 Å². The standard InChI is InChI=1S/C18H29NO/c1-3-19-17(18(20-2)14-7-8-15-18)13-9-12-16-10-5-4-6-11-16/h4-6,10-11,17,19H,3,7-9,12-15H2,1-2H3. The molecule has 2 rings (SSSR count). The third kappa shape index (κ3) is 3.83. The lowest BCUT2D eigenvalue weighted by atomic mass is 9.87. The first kappa shape index (κ1) is 15.5. The average Bonchev–Trinajstić information content (AvgIpc) is 2.97. The van der Waals surface area contributed by atoms with Gasteiger partial charge in [0.1, 0.15) is 0 Å². The number of likely N-dealkylation sites (N-methyl/N-ethyl adjacent to an activating group) is 1. The van der Waals surface area contributed by atoms with Gasteiger partial charge in [-0.1, -0.05) is 50.1 Å². The summed E-state index contributed by atoms with van der Waals surface area (Å²) in [5.74, 6) is 0. The van der Waals surface area contributed by atoms with E-state index in [1.807, 2.05) is 7.11 Å². The van der Waals surface area contributed by atoms with Gasteiger partial charge in [-0.3, -0.25) is 0 Å². The topological polar surface area (TPSA) is 21.3 Å². The van der Waals surface area contributed by atoms with Crippen LogP contribution in [0, 0.1) is 0 Å². The van der Waals surface area contributed by atoms with Crippen LogP contribution in [-0.2, 0) is 11.2 Å². The van der Waals surface area contributed by atoms with Crippen molar-refractivity contribution in [1.29, 1.82) is 0 Å². The molecule has 1 fully saturated rings. The first-order valence-corrected chi connectivity index (χ1v) is 8.13. The van der Waals surface area contributed by atoms with Crippen LogP contribution in [0.2, 0.25) is 0 Å². The molecule has 1 aliphatic rings. The molecular weight excluding hydrogens is 246 g/mol.